The van der Waals surface area contributed by atoms with Gasteiger partial charge in [-0.15, -0.1) is 0 Å². The summed E-state index contributed by atoms with van der Waals surface area (Å²) in [6, 6.07) is 7.88. The maximum atomic E-state index is 12.4. The van der Waals surface area contributed by atoms with E-state index in [4.69, 9.17) is 0 Å². The van der Waals surface area contributed by atoms with Crippen LogP contribution in [-0.2, 0) is 9.59 Å². The molecule has 1 aromatic rings. The highest BCUT2D eigenvalue weighted by Gasteiger charge is 2.51. The van der Waals surface area contributed by atoms with Crippen molar-refractivity contribution in [1.29, 1.82) is 0 Å². The van der Waals surface area contributed by atoms with Crippen LogP contribution in [0, 0.1) is 30.1 Å². The maximum absolute atomic E-state index is 12.4. The summed E-state index contributed by atoms with van der Waals surface area (Å²) in [5.41, 5.74) is 7.46. The highest BCUT2D eigenvalue weighted by atomic mass is 16.2. The van der Waals surface area contributed by atoms with Crippen LogP contribution in [0.15, 0.2) is 30.3 Å². The van der Waals surface area contributed by atoms with Crippen LogP contribution in [0.5, 0.6) is 0 Å². The van der Waals surface area contributed by atoms with Crippen molar-refractivity contribution in [3.05, 3.63) is 41.5 Å². The van der Waals surface area contributed by atoms with E-state index in [0.717, 1.165) is 28.9 Å². The van der Waals surface area contributed by atoms with E-state index in [1.165, 1.54) is 44.6 Å². The smallest absolute Gasteiger partial charge is 0.262 e. The van der Waals surface area contributed by atoms with Crippen LogP contribution in [0.25, 0.3) is 6.08 Å². The molecule has 0 aliphatic heterocycles. The molecule has 0 spiro atoms. The van der Waals surface area contributed by atoms with E-state index in [2.05, 4.69) is 10.9 Å². The zero-order valence-electron chi connectivity index (χ0n) is 15.5. The average molecular weight is 352 g/mol. The van der Waals surface area contributed by atoms with E-state index in [1.807, 2.05) is 31.2 Å². The second-order valence-electron chi connectivity index (χ2n) is 8.82. The molecule has 4 aliphatic rings. The SMILES string of the molecule is Cc1ccccc1/C=C/C(=O)NNC(=O)CC12CC3CC(CC(C3)C1)C2. The Hall–Kier alpha value is -2.10. The lowest BCUT2D eigenvalue weighted by Crippen LogP contribution is -2.49. The Labute approximate surface area is 155 Å². The predicted octanol–water partition coefficient (Wildman–Crippen LogP) is 3.76. The first-order valence-electron chi connectivity index (χ1n) is 9.84. The van der Waals surface area contributed by atoms with Crippen molar-refractivity contribution in [2.24, 2.45) is 23.2 Å². The average Bonchev–Trinajstić information content (AvgIpc) is 2.57. The Morgan fingerprint density at radius 2 is 1.65 bits per heavy atom. The van der Waals surface area contributed by atoms with Crippen LogP contribution >= 0.6 is 0 Å². The van der Waals surface area contributed by atoms with Gasteiger partial charge in [-0.05, 0) is 85.8 Å². The molecule has 26 heavy (non-hydrogen) atoms. The molecule has 4 aliphatic carbocycles. The summed E-state index contributed by atoms with van der Waals surface area (Å²) >= 11 is 0. The third-order valence-corrected chi connectivity index (χ3v) is 6.63. The lowest BCUT2D eigenvalue weighted by atomic mass is 9.49. The Bertz CT molecular complexity index is 702. The molecule has 4 heteroatoms. The standard InChI is InChI=1S/C22H28N2O2/c1-15-4-2-3-5-19(15)6-7-20(25)23-24-21(26)14-22-11-16-8-17(12-22)10-18(9-16)13-22/h2-7,16-18H,8-14H2,1H3,(H,23,25)(H,24,26)/b7-6+. The van der Waals surface area contributed by atoms with Gasteiger partial charge >= 0.3 is 0 Å². The fourth-order valence-corrected chi connectivity index (χ4v) is 6.00. The molecule has 138 valence electrons. The number of amides is 2. The molecule has 0 saturated heterocycles. The summed E-state index contributed by atoms with van der Waals surface area (Å²) < 4.78 is 0. The zero-order chi connectivity index (χ0) is 18.1. The molecule has 0 atom stereocenters. The molecular weight excluding hydrogens is 324 g/mol. The Kier molecular flexibility index (Phi) is 4.60. The van der Waals surface area contributed by atoms with E-state index in [0.29, 0.717) is 6.42 Å². The van der Waals surface area contributed by atoms with Gasteiger partial charge in [-0.3, -0.25) is 20.4 Å². The number of hydrazine groups is 1. The van der Waals surface area contributed by atoms with Gasteiger partial charge in [0, 0.05) is 12.5 Å². The van der Waals surface area contributed by atoms with E-state index >= 15 is 0 Å². The van der Waals surface area contributed by atoms with Gasteiger partial charge in [0.05, 0.1) is 0 Å². The van der Waals surface area contributed by atoms with Gasteiger partial charge in [0.25, 0.3) is 5.91 Å². The lowest BCUT2D eigenvalue weighted by Gasteiger charge is -2.56. The highest BCUT2D eigenvalue weighted by molar-refractivity contribution is 5.93. The molecule has 4 fully saturated rings. The van der Waals surface area contributed by atoms with Crippen LogP contribution in [0.1, 0.15) is 56.1 Å². The first-order chi connectivity index (χ1) is 12.5. The lowest BCUT2D eigenvalue weighted by molar-refractivity contribution is -0.133. The van der Waals surface area contributed by atoms with Crippen molar-refractivity contribution in [3.63, 3.8) is 0 Å². The molecule has 4 bridgehead atoms. The van der Waals surface area contributed by atoms with Crippen LogP contribution in [0.3, 0.4) is 0 Å². The zero-order valence-corrected chi connectivity index (χ0v) is 15.5. The molecular formula is C22H28N2O2. The summed E-state index contributed by atoms with van der Waals surface area (Å²) in [6.07, 6.45) is 11.5. The molecule has 4 nitrogen and oxygen atoms in total. The van der Waals surface area contributed by atoms with Crippen LogP contribution in [0.2, 0.25) is 0 Å². The molecule has 0 aromatic heterocycles. The number of benzene rings is 1. The second kappa shape index (κ2) is 6.90. The molecule has 1 aromatic carbocycles. The van der Waals surface area contributed by atoms with Gasteiger partial charge in [0.2, 0.25) is 5.91 Å². The number of hydrogen-bond acceptors (Lipinski definition) is 2. The topological polar surface area (TPSA) is 58.2 Å². The van der Waals surface area contributed by atoms with E-state index < -0.39 is 0 Å². The number of carbonyl (C=O) groups is 2. The van der Waals surface area contributed by atoms with Crippen molar-refractivity contribution < 1.29 is 9.59 Å². The first kappa shape index (κ1) is 17.3. The van der Waals surface area contributed by atoms with Crippen molar-refractivity contribution in [3.8, 4) is 0 Å². The number of hydrogen-bond donors (Lipinski definition) is 2. The van der Waals surface area contributed by atoms with Gasteiger partial charge in [0.15, 0.2) is 0 Å². The maximum Gasteiger partial charge on any atom is 0.262 e. The van der Waals surface area contributed by atoms with Crippen LogP contribution in [-0.4, -0.2) is 11.8 Å². The van der Waals surface area contributed by atoms with E-state index in [9.17, 15) is 9.59 Å². The molecule has 4 saturated carbocycles. The summed E-state index contributed by atoms with van der Waals surface area (Å²) in [4.78, 5) is 24.4. The minimum absolute atomic E-state index is 0.0513. The van der Waals surface area contributed by atoms with Crippen molar-refractivity contribution >= 4 is 17.9 Å². The molecule has 0 radical (unpaired) electrons. The van der Waals surface area contributed by atoms with Crippen LogP contribution < -0.4 is 10.9 Å². The third-order valence-electron chi connectivity index (χ3n) is 6.63. The minimum atomic E-state index is -0.299. The summed E-state index contributed by atoms with van der Waals surface area (Å²) in [5.74, 6) is 2.15. The molecule has 2 amide bonds. The largest absolute Gasteiger partial charge is 0.273 e. The number of nitrogens with one attached hydrogen (secondary N) is 2. The van der Waals surface area contributed by atoms with Crippen molar-refractivity contribution in [2.75, 3.05) is 0 Å². The Balaban J connectivity index is 1.28. The predicted molar refractivity (Wildman–Crippen MR) is 102 cm³/mol. The van der Waals surface area contributed by atoms with E-state index in [-0.39, 0.29) is 17.2 Å². The van der Waals surface area contributed by atoms with Gasteiger partial charge in [-0.2, -0.15) is 0 Å². The van der Waals surface area contributed by atoms with Crippen LogP contribution in [0.4, 0.5) is 0 Å². The third kappa shape index (κ3) is 3.69. The Morgan fingerprint density at radius 1 is 1.04 bits per heavy atom. The molecule has 0 heterocycles. The van der Waals surface area contributed by atoms with Crippen molar-refractivity contribution in [1.82, 2.24) is 10.9 Å². The highest BCUT2D eigenvalue weighted by Crippen LogP contribution is 2.61. The van der Waals surface area contributed by atoms with Gasteiger partial charge in [-0.25, -0.2) is 0 Å². The number of aryl methyl sites for hydroxylation is 1. The second-order valence-corrected chi connectivity index (χ2v) is 8.82. The monoisotopic (exact) mass is 352 g/mol. The molecule has 5 rings (SSSR count). The van der Waals surface area contributed by atoms with E-state index in [1.54, 1.807) is 6.08 Å². The number of carbonyl (C=O) groups excluding carboxylic acids is 2. The van der Waals surface area contributed by atoms with Crippen molar-refractivity contribution in [2.45, 2.75) is 51.9 Å². The summed E-state index contributed by atoms with van der Waals surface area (Å²) in [5, 5.41) is 0. The Morgan fingerprint density at radius 3 is 2.27 bits per heavy atom. The van der Waals surface area contributed by atoms with Gasteiger partial charge in [0.1, 0.15) is 0 Å². The first-order valence-corrected chi connectivity index (χ1v) is 9.84. The summed E-state index contributed by atoms with van der Waals surface area (Å²) in [7, 11) is 0. The molecule has 2 N–H and O–H groups in total. The summed E-state index contributed by atoms with van der Waals surface area (Å²) in [6.45, 7) is 2.00. The molecule has 0 unspecified atom stereocenters. The fraction of sp³-hybridized carbons (Fsp3) is 0.545. The normalized spacial score (nSPS) is 32.0. The van der Waals surface area contributed by atoms with Gasteiger partial charge in [-0.1, -0.05) is 24.3 Å². The van der Waals surface area contributed by atoms with Gasteiger partial charge < -0.3 is 0 Å². The minimum Gasteiger partial charge on any atom is -0.273 e. The fourth-order valence-electron chi connectivity index (χ4n) is 6.00. The number of rotatable bonds is 4. The quantitative estimate of drug-likeness (QED) is 0.640.